The Balaban J connectivity index is 1.30. The predicted octanol–water partition coefficient (Wildman–Crippen LogP) is 4.06. The summed E-state index contributed by atoms with van der Waals surface area (Å²) in [4.78, 5) is 27.7. The standard InChI is InChI=1S/C26H36N6O3S/c1-18(35-2)16-32(13-4-3-7-20-9-8-19-6-5-12-27-24(19)30-20)14-10-22(26(33)34)31-25-23-21(11-15-36-23)28-17-29-25/h8-9,11,15,17-18,22H,3-7,10,12-14,16H2,1-2H3,(H,27,30)(H,33,34)(H,28,29,31). The fraction of sp³-hybridized carbons (Fsp3) is 0.538. The fourth-order valence-electron chi connectivity index (χ4n) is 4.51. The molecule has 0 fully saturated rings. The minimum absolute atomic E-state index is 0.0715. The molecule has 1 aliphatic rings. The zero-order valence-electron chi connectivity index (χ0n) is 21.1. The van der Waals surface area contributed by atoms with E-state index in [9.17, 15) is 9.90 Å². The van der Waals surface area contributed by atoms with Gasteiger partial charge in [0, 0.05) is 32.4 Å². The number of fused-ring (bicyclic) bond motifs is 2. The number of hydrogen-bond acceptors (Lipinski definition) is 9. The molecule has 10 heteroatoms. The molecule has 3 N–H and O–H groups in total. The number of thiophene rings is 1. The summed E-state index contributed by atoms with van der Waals surface area (Å²) in [5, 5.41) is 18.3. The van der Waals surface area contributed by atoms with E-state index >= 15 is 0 Å². The van der Waals surface area contributed by atoms with E-state index in [2.05, 4.69) is 37.6 Å². The highest BCUT2D eigenvalue weighted by Crippen LogP contribution is 2.26. The molecule has 9 nitrogen and oxygen atoms in total. The smallest absolute Gasteiger partial charge is 0.326 e. The zero-order chi connectivity index (χ0) is 25.3. The van der Waals surface area contributed by atoms with Gasteiger partial charge in [-0.25, -0.2) is 19.7 Å². The second-order valence-corrected chi connectivity index (χ2v) is 10.2. The topological polar surface area (TPSA) is 113 Å². The maximum atomic E-state index is 12.0. The lowest BCUT2D eigenvalue weighted by molar-refractivity contribution is -0.138. The number of aromatic nitrogens is 3. The molecular formula is C26H36N6O3S. The molecule has 3 aromatic heterocycles. The number of hydrogen-bond donors (Lipinski definition) is 3. The van der Waals surface area contributed by atoms with Crippen molar-refractivity contribution in [1.29, 1.82) is 0 Å². The highest BCUT2D eigenvalue weighted by molar-refractivity contribution is 7.17. The van der Waals surface area contributed by atoms with Crippen molar-refractivity contribution in [2.45, 2.75) is 57.6 Å². The van der Waals surface area contributed by atoms with Crippen molar-refractivity contribution in [1.82, 2.24) is 19.9 Å². The average Bonchev–Trinajstić information content (AvgIpc) is 3.38. The van der Waals surface area contributed by atoms with Crippen LogP contribution in [0.3, 0.4) is 0 Å². The normalized spacial score (nSPS) is 14.9. The second kappa shape index (κ2) is 12.9. The van der Waals surface area contributed by atoms with Crippen molar-refractivity contribution >= 4 is 39.2 Å². The molecule has 36 heavy (non-hydrogen) atoms. The lowest BCUT2D eigenvalue weighted by Gasteiger charge is -2.27. The Morgan fingerprint density at radius 2 is 2.17 bits per heavy atom. The average molecular weight is 513 g/mol. The number of aliphatic carboxylic acids is 1. The number of unbranched alkanes of at least 4 members (excludes halogenated alkanes) is 1. The van der Waals surface area contributed by atoms with Gasteiger partial charge in [-0.05, 0) is 75.1 Å². The summed E-state index contributed by atoms with van der Waals surface area (Å²) in [5.41, 5.74) is 3.26. The van der Waals surface area contributed by atoms with Crippen LogP contribution in [-0.4, -0.2) is 76.4 Å². The van der Waals surface area contributed by atoms with Crippen LogP contribution >= 0.6 is 11.3 Å². The number of ether oxygens (including phenoxy) is 1. The largest absolute Gasteiger partial charge is 0.480 e. The summed E-state index contributed by atoms with van der Waals surface area (Å²) in [7, 11) is 1.71. The van der Waals surface area contributed by atoms with Gasteiger partial charge in [0.25, 0.3) is 0 Å². The number of nitrogens with one attached hydrogen (secondary N) is 2. The van der Waals surface area contributed by atoms with E-state index in [-0.39, 0.29) is 6.10 Å². The molecule has 0 aliphatic carbocycles. The van der Waals surface area contributed by atoms with Crippen LogP contribution in [-0.2, 0) is 22.4 Å². The Hall–Kier alpha value is -2.82. The fourth-order valence-corrected chi connectivity index (χ4v) is 5.31. The summed E-state index contributed by atoms with van der Waals surface area (Å²) in [6, 6.07) is 5.53. The number of carboxylic acids is 1. The Kier molecular flexibility index (Phi) is 9.43. The zero-order valence-corrected chi connectivity index (χ0v) is 21.9. The first-order valence-corrected chi connectivity index (χ1v) is 13.6. The number of aryl methyl sites for hydroxylation is 2. The van der Waals surface area contributed by atoms with Crippen molar-refractivity contribution in [2.75, 3.05) is 43.9 Å². The van der Waals surface area contributed by atoms with Crippen LogP contribution in [0.15, 0.2) is 29.9 Å². The highest BCUT2D eigenvalue weighted by Gasteiger charge is 2.21. The first-order chi connectivity index (χ1) is 17.5. The lowest BCUT2D eigenvalue weighted by atomic mass is 10.1. The second-order valence-electron chi connectivity index (χ2n) is 9.33. The van der Waals surface area contributed by atoms with Crippen LogP contribution in [0.2, 0.25) is 0 Å². The molecule has 2 atom stereocenters. The molecule has 4 rings (SSSR count). The van der Waals surface area contributed by atoms with Gasteiger partial charge in [0.2, 0.25) is 0 Å². The van der Waals surface area contributed by atoms with Crippen molar-refractivity contribution in [2.24, 2.45) is 0 Å². The Bertz CT molecular complexity index is 1140. The molecule has 0 aromatic carbocycles. The molecule has 0 radical (unpaired) electrons. The van der Waals surface area contributed by atoms with Gasteiger partial charge in [0.05, 0.1) is 16.3 Å². The maximum absolute atomic E-state index is 12.0. The van der Waals surface area contributed by atoms with E-state index in [1.807, 2.05) is 18.4 Å². The van der Waals surface area contributed by atoms with Gasteiger partial charge >= 0.3 is 5.97 Å². The quantitative estimate of drug-likeness (QED) is 0.275. The summed E-state index contributed by atoms with van der Waals surface area (Å²) in [5.74, 6) is 0.737. The van der Waals surface area contributed by atoms with Crippen molar-refractivity contribution in [3.63, 3.8) is 0 Å². The molecule has 0 spiro atoms. The van der Waals surface area contributed by atoms with E-state index in [4.69, 9.17) is 9.72 Å². The van der Waals surface area contributed by atoms with Crippen molar-refractivity contribution in [3.8, 4) is 0 Å². The Morgan fingerprint density at radius 3 is 3.00 bits per heavy atom. The number of carbonyl (C=O) groups is 1. The molecule has 2 unspecified atom stereocenters. The number of anilines is 2. The van der Waals surface area contributed by atoms with Crippen molar-refractivity contribution in [3.05, 3.63) is 41.2 Å². The van der Waals surface area contributed by atoms with Gasteiger partial charge < -0.3 is 25.4 Å². The van der Waals surface area contributed by atoms with E-state index < -0.39 is 12.0 Å². The van der Waals surface area contributed by atoms with Crippen LogP contribution in [0, 0.1) is 0 Å². The third-order valence-electron chi connectivity index (χ3n) is 6.61. The van der Waals surface area contributed by atoms with Gasteiger partial charge in [-0.2, -0.15) is 0 Å². The maximum Gasteiger partial charge on any atom is 0.326 e. The molecule has 0 saturated carbocycles. The monoisotopic (exact) mass is 512 g/mol. The van der Waals surface area contributed by atoms with Crippen LogP contribution < -0.4 is 10.6 Å². The first-order valence-electron chi connectivity index (χ1n) is 12.7. The van der Waals surface area contributed by atoms with E-state index in [0.29, 0.717) is 18.8 Å². The highest BCUT2D eigenvalue weighted by atomic mass is 32.1. The van der Waals surface area contributed by atoms with Gasteiger partial charge in [-0.1, -0.05) is 6.07 Å². The number of carboxylic acid groups (broad SMARTS) is 1. The predicted molar refractivity (Wildman–Crippen MR) is 144 cm³/mol. The summed E-state index contributed by atoms with van der Waals surface area (Å²) < 4.78 is 6.37. The summed E-state index contributed by atoms with van der Waals surface area (Å²) in [6.45, 7) is 5.33. The molecule has 0 amide bonds. The Morgan fingerprint density at radius 1 is 1.28 bits per heavy atom. The van der Waals surface area contributed by atoms with Gasteiger partial charge in [0.1, 0.15) is 24.0 Å². The van der Waals surface area contributed by atoms with Gasteiger partial charge in [-0.15, -0.1) is 11.3 Å². The molecule has 194 valence electrons. The third kappa shape index (κ3) is 7.11. The minimum atomic E-state index is -0.884. The lowest BCUT2D eigenvalue weighted by Crippen LogP contribution is -2.38. The minimum Gasteiger partial charge on any atom is -0.480 e. The van der Waals surface area contributed by atoms with Gasteiger partial charge in [-0.3, -0.25) is 0 Å². The SMILES string of the molecule is COC(C)CN(CCCCc1ccc2c(n1)NCCC2)CCC(Nc1ncnc2ccsc12)C(=O)O. The van der Waals surface area contributed by atoms with Gasteiger partial charge in [0.15, 0.2) is 0 Å². The van der Waals surface area contributed by atoms with E-state index in [0.717, 1.165) is 67.0 Å². The summed E-state index contributed by atoms with van der Waals surface area (Å²) >= 11 is 1.51. The number of nitrogens with zero attached hydrogens (tertiary/aromatic N) is 4. The molecule has 3 aromatic rings. The van der Waals surface area contributed by atoms with Crippen LogP contribution in [0.1, 0.15) is 43.9 Å². The summed E-state index contributed by atoms with van der Waals surface area (Å²) in [6.07, 6.45) is 7.24. The molecule has 0 bridgehead atoms. The van der Waals surface area contributed by atoms with Crippen LogP contribution in [0.4, 0.5) is 11.6 Å². The third-order valence-corrected chi connectivity index (χ3v) is 7.52. The molecule has 0 saturated heterocycles. The number of methoxy groups -OCH3 is 1. The van der Waals surface area contributed by atoms with E-state index in [1.54, 1.807) is 7.11 Å². The number of rotatable bonds is 14. The van der Waals surface area contributed by atoms with E-state index in [1.165, 1.54) is 29.6 Å². The van der Waals surface area contributed by atoms with Crippen LogP contribution in [0.5, 0.6) is 0 Å². The van der Waals surface area contributed by atoms with Crippen LogP contribution in [0.25, 0.3) is 10.2 Å². The van der Waals surface area contributed by atoms with Crippen molar-refractivity contribution < 1.29 is 14.6 Å². The number of pyridine rings is 1. The molecular weight excluding hydrogens is 476 g/mol. The molecule has 4 heterocycles. The Labute approximate surface area is 216 Å². The molecule has 1 aliphatic heterocycles. The first kappa shape index (κ1) is 26.2.